The molecule has 2 nitrogen and oxygen atoms in total. The second kappa shape index (κ2) is 6.27. The lowest BCUT2D eigenvalue weighted by Gasteiger charge is -2.09. The SMILES string of the molecule is CSC(C)CNCc1ccc(Cl)nc1. The van der Waals surface area contributed by atoms with Gasteiger partial charge in [0.2, 0.25) is 0 Å². The van der Waals surface area contributed by atoms with Gasteiger partial charge in [-0.25, -0.2) is 4.98 Å². The van der Waals surface area contributed by atoms with Gasteiger partial charge in [0.1, 0.15) is 5.15 Å². The zero-order valence-corrected chi connectivity index (χ0v) is 10.0. The molecule has 1 atom stereocenters. The summed E-state index contributed by atoms with van der Waals surface area (Å²) >= 11 is 7.55. The fourth-order valence-electron chi connectivity index (χ4n) is 1.01. The second-order valence-corrected chi connectivity index (χ2v) is 4.83. The van der Waals surface area contributed by atoms with Crippen molar-refractivity contribution in [3.05, 3.63) is 29.0 Å². The summed E-state index contributed by atoms with van der Waals surface area (Å²) in [4.78, 5) is 4.02. The molecule has 1 aromatic rings. The Morgan fingerprint density at radius 1 is 1.57 bits per heavy atom. The molecule has 4 heteroatoms. The summed E-state index contributed by atoms with van der Waals surface area (Å²) in [7, 11) is 0. The van der Waals surface area contributed by atoms with Crippen molar-refractivity contribution in [2.45, 2.75) is 18.7 Å². The number of hydrogen-bond acceptors (Lipinski definition) is 3. The Balaban J connectivity index is 2.28. The largest absolute Gasteiger partial charge is 0.312 e. The zero-order valence-electron chi connectivity index (χ0n) is 8.46. The maximum Gasteiger partial charge on any atom is 0.129 e. The van der Waals surface area contributed by atoms with Gasteiger partial charge in [0.25, 0.3) is 0 Å². The molecular formula is C10H15ClN2S. The number of thioether (sulfide) groups is 1. The van der Waals surface area contributed by atoms with Gasteiger partial charge in [-0.05, 0) is 17.9 Å². The fraction of sp³-hybridized carbons (Fsp3) is 0.500. The molecule has 78 valence electrons. The third-order valence-corrected chi connectivity index (χ3v) is 3.15. The van der Waals surface area contributed by atoms with Crippen LogP contribution in [0.25, 0.3) is 0 Å². The highest BCUT2D eigenvalue weighted by Crippen LogP contribution is 2.06. The van der Waals surface area contributed by atoms with Crippen molar-refractivity contribution in [3.63, 3.8) is 0 Å². The molecule has 0 aromatic carbocycles. The van der Waals surface area contributed by atoms with Crippen LogP contribution in [-0.4, -0.2) is 23.0 Å². The minimum absolute atomic E-state index is 0.547. The van der Waals surface area contributed by atoms with Crippen molar-refractivity contribution in [1.29, 1.82) is 0 Å². The maximum absolute atomic E-state index is 5.68. The predicted molar refractivity (Wildman–Crippen MR) is 63.9 cm³/mol. The lowest BCUT2D eigenvalue weighted by Crippen LogP contribution is -2.22. The molecule has 14 heavy (non-hydrogen) atoms. The van der Waals surface area contributed by atoms with Crippen LogP contribution < -0.4 is 5.32 Å². The number of nitrogens with one attached hydrogen (secondary N) is 1. The van der Waals surface area contributed by atoms with Crippen LogP contribution in [0.4, 0.5) is 0 Å². The first-order chi connectivity index (χ1) is 6.72. The molecular weight excluding hydrogens is 216 g/mol. The van der Waals surface area contributed by atoms with Gasteiger partial charge >= 0.3 is 0 Å². The quantitative estimate of drug-likeness (QED) is 0.788. The number of nitrogens with zero attached hydrogens (tertiary/aromatic N) is 1. The van der Waals surface area contributed by atoms with Crippen LogP contribution in [0.15, 0.2) is 18.3 Å². The van der Waals surface area contributed by atoms with Gasteiger partial charge in [0, 0.05) is 24.5 Å². The van der Waals surface area contributed by atoms with Gasteiger partial charge < -0.3 is 5.32 Å². The Labute approximate surface area is 94.5 Å². The summed E-state index contributed by atoms with van der Waals surface area (Å²) in [6, 6.07) is 3.81. The van der Waals surface area contributed by atoms with Gasteiger partial charge in [-0.15, -0.1) is 0 Å². The Hall–Kier alpha value is -0.250. The number of rotatable bonds is 5. The third kappa shape index (κ3) is 4.31. The van der Waals surface area contributed by atoms with E-state index in [0.717, 1.165) is 13.1 Å². The zero-order chi connectivity index (χ0) is 10.4. The van der Waals surface area contributed by atoms with Crippen LogP contribution in [0.1, 0.15) is 12.5 Å². The molecule has 0 amide bonds. The maximum atomic E-state index is 5.68. The van der Waals surface area contributed by atoms with Gasteiger partial charge in [0.15, 0.2) is 0 Å². The van der Waals surface area contributed by atoms with E-state index in [2.05, 4.69) is 23.5 Å². The normalized spacial score (nSPS) is 12.8. The molecule has 1 rings (SSSR count). The van der Waals surface area contributed by atoms with E-state index in [1.165, 1.54) is 5.56 Å². The Morgan fingerprint density at radius 3 is 2.93 bits per heavy atom. The van der Waals surface area contributed by atoms with Gasteiger partial charge in [-0.1, -0.05) is 24.6 Å². The van der Waals surface area contributed by atoms with Crippen molar-refractivity contribution in [3.8, 4) is 0 Å². The van der Waals surface area contributed by atoms with Crippen LogP contribution >= 0.6 is 23.4 Å². The number of halogens is 1. The summed E-state index contributed by atoms with van der Waals surface area (Å²) in [6.07, 6.45) is 3.93. The van der Waals surface area contributed by atoms with E-state index < -0.39 is 0 Å². The Morgan fingerprint density at radius 2 is 2.36 bits per heavy atom. The van der Waals surface area contributed by atoms with E-state index in [-0.39, 0.29) is 0 Å². The highest BCUT2D eigenvalue weighted by atomic mass is 35.5. The molecule has 1 unspecified atom stereocenters. The molecule has 0 saturated carbocycles. The minimum atomic E-state index is 0.547. The summed E-state index contributed by atoms with van der Waals surface area (Å²) < 4.78 is 0. The highest BCUT2D eigenvalue weighted by molar-refractivity contribution is 7.99. The molecule has 1 aromatic heterocycles. The minimum Gasteiger partial charge on any atom is -0.312 e. The lowest BCUT2D eigenvalue weighted by molar-refractivity contribution is 0.683. The Kier molecular flexibility index (Phi) is 5.30. The average molecular weight is 231 g/mol. The highest BCUT2D eigenvalue weighted by Gasteiger charge is 1.98. The van der Waals surface area contributed by atoms with Crippen LogP contribution in [-0.2, 0) is 6.54 Å². The second-order valence-electron chi connectivity index (χ2n) is 3.17. The van der Waals surface area contributed by atoms with E-state index in [0.29, 0.717) is 10.4 Å². The monoisotopic (exact) mass is 230 g/mol. The van der Waals surface area contributed by atoms with Crippen LogP contribution in [0.3, 0.4) is 0 Å². The van der Waals surface area contributed by atoms with Gasteiger partial charge in [0.05, 0.1) is 0 Å². The van der Waals surface area contributed by atoms with E-state index in [9.17, 15) is 0 Å². The van der Waals surface area contributed by atoms with Crippen LogP contribution in [0.2, 0.25) is 5.15 Å². The van der Waals surface area contributed by atoms with Crippen molar-refractivity contribution in [2.75, 3.05) is 12.8 Å². The lowest BCUT2D eigenvalue weighted by atomic mass is 10.3. The van der Waals surface area contributed by atoms with E-state index in [1.807, 2.05) is 23.9 Å². The molecule has 0 spiro atoms. The smallest absolute Gasteiger partial charge is 0.129 e. The fourth-order valence-corrected chi connectivity index (χ4v) is 1.41. The summed E-state index contributed by atoms with van der Waals surface area (Å²) in [5.74, 6) is 0. The molecule has 0 aliphatic heterocycles. The molecule has 1 heterocycles. The summed E-state index contributed by atoms with van der Waals surface area (Å²) in [6.45, 7) is 4.08. The summed E-state index contributed by atoms with van der Waals surface area (Å²) in [5, 5.41) is 4.56. The van der Waals surface area contributed by atoms with Crippen molar-refractivity contribution in [2.24, 2.45) is 0 Å². The van der Waals surface area contributed by atoms with Gasteiger partial charge in [-0.3, -0.25) is 0 Å². The first kappa shape index (κ1) is 11.8. The van der Waals surface area contributed by atoms with E-state index >= 15 is 0 Å². The van der Waals surface area contributed by atoms with E-state index in [1.54, 1.807) is 6.20 Å². The van der Waals surface area contributed by atoms with Crippen molar-refractivity contribution in [1.82, 2.24) is 10.3 Å². The number of pyridine rings is 1. The summed E-state index contributed by atoms with van der Waals surface area (Å²) in [5.41, 5.74) is 1.17. The molecule has 0 fully saturated rings. The first-order valence-electron chi connectivity index (χ1n) is 4.56. The average Bonchev–Trinajstić information content (AvgIpc) is 2.21. The first-order valence-corrected chi connectivity index (χ1v) is 6.23. The number of hydrogen-bond donors (Lipinski definition) is 1. The van der Waals surface area contributed by atoms with E-state index in [4.69, 9.17) is 11.6 Å². The van der Waals surface area contributed by atoms with Gasteiger partial charge in [-0.2, -0.15) is 11.8 Å². The van der Waals surface area contributed by atoms with Crippen molar-refractivity contribution >= 4 is 23.4 Å². The molecule has 0 saturated heterocycles. The van der Waals surface area contributed by atoms with Crippen molar-refractivity contribution < 1.29 is 0 Å². The Bertz CT molecular complexity index is 263. The van der Waals surface area contributed by atoms with Crippen LogP contribution in [0, 0.1) is 0 Å². The third-order valence-electron chi connectivity index (χ3n) is 1.95. The number of aromatic nitrogens is 1. The molecule has 0 bridgehead atoms. The molecule has 0 radical (unpaired) electrons. The molecule has 0 aliphatic carbocycles. The molecule has 0 aliphatic rings. The molecule has 1 N–H and O–H groups in total. The standard InChI is InChI=1S/C10H15ClN2S/c1-8(14-2)5-12-6-9-3-4-10(11)13-7-9/h3-4,7-8,12H,5-6H2,1-2H3. The predicted octanol–water partition coefficient (Wildman–Crippen LogP) is 2.58. The topological polar surface area (TPSA) is 24.9 Å². The van der Waals surface area contributed by atoms with Crippen LogP contribution in [0.5, 0.6) is 0 Å².